The van der Waals surface area contributed by atoms with Gasteiger partial charge in [-0.25, -0.2) is 4.79 Å². The maximum Gasteiger partial charge on any atom is 0.326 e. The number of carboxylic acid groups (broad SMARTS) is 1. The summed E-state index contributed by atoms with van der Waals surface area (Å²) in [4.78, 5) is 25.5. The topological polar surface area (TPSA) is 57.6 Å². The van der Waals surface area contributed by atoms with Gasteiger partial charge in [-0.15, -0.1) is 11.3 Å². The van der Waals surface area contributed by atoms with E-state index in [1.807, 2.05) is 6.92 Å². The van der Waals surface area contributed by atoms with Gasteiger partial charge >= 0.3 is 5.97 Å². The van der Waals surface area contributed by atoms with Gasteiger partial charge in [0.15, 0.2) is 0 Å². The van der Waals surface area contributed by atoms with Crippen molar-refractivity contribution in [3.05, 3.63) is 21.3 Å². The predicted octanol–water partition coefficient (Wildman–Crippen LogP) is 2.73. The van der Waals surface area contributed by atoms with Crippen LogP contribution in [-0.4, -0.2) is 34.5 Å². The van der Waals surface area contributed by atoms with Crippen molar-refractivity contribution >= 4 is 34.8 Å². The fourth-order valence-electron chi connectivity index (χ4n) is 2.36. The van der Waals surface area contributed by atoms with Gasteiger partial charge in [-0.2, -0.15) is 0 Å². The molecule has 0 bridgehead atoms. The highest BCUT2D eigenvalue weighted by Gasteiger charge is 2.37. The Morgan fingerprint density at radius 3 is 2.78 bits per heavy atom. The molecule has 2 unspecified atom stereocenters. The molecule has 4 nitrogen and oxygen atoms in total. The Kier molecular flexibility index (Phi) is 3.92. The lowest BCUT2D eigenvalue weighted by atomic mass is 9.90. The Labute approximate surface area is 114 Å². The number of carbonyl (C=O) groups is 2. The van der Waals surface area contributed by atoms with Gasteiger partial charge in [0.2, 0.25) is 0 Å². The van der Waals surface area contributed by atoms with E-state index in [9.17, 15) is 14.7 Å². The van der Waals surface area contributed by atoms with E-state index in [2.05, 4.69) is 0 Å². The normalized spacial score (nSPS) is 24.0. The molecule has 1 aromatic heterocycles. The summed E-state index contributed by atoms with van der Waals surface area (Å²) in [7, 11) is 0. The molecule has 2 rings (SSSR count). The first kappa shape index (κ1) is 13.4. The minimum absolute atomic E-state index is 0.0179. The third kappa shape index (κ3) is 2.52. The van der Waals surface area contributed by atoms with Gasteiger partial charge in [0.25, 0.3) is 5.91 Å². The van der Waals surface area contributed by atoms with Gasteiger partial charge < -0.3 is 10.0 Å². The number of likely N-dealkylation sites (tertiary alicyclic amines) is 1. The van der Waals surface area contributed by atoms with E-state index in [0.717, 1.165) is 12.8 Å². The first-order valence-corrected chi connectivity index (χ1v) is 6.99. The lowest BCUT2D eigenvalue weighted by Gasteiger charge is -2.37. The van der Waals surface area contributed by atoms with Gasteiger partial charge in [0.05, 0.1) is 9.21 Å². The Bertz CT molecular complexity index is 474. The number of rotatable bonds is 2. The molecule has 1 saturated heterocycles. The van der Waals surface area contributed by atoms with E-state index in [1.54, 1.807) is 12.1 Å². The highest BCUT2D eigenvalue weighted by molar-refractivity contribution is 7.17. The molecular formula is C12H14ClNO3S. The number of carboxylic acids is 1. The summed E-state index contributed by atoms with van der Waals surface area (Å²) >= 11 is 6.99. The molecule has 2 heterocycles. The van der Waals surface area contributed by atoms with Crippen molar-refractivity contribution in [1.29, 1.82) is 0 Å². The van der Waals surface area contributed by atoms with Crippen molar-refractivity contribution in [2.75, 3.05) is 6.54 Å². The second-order valence-corrected chi connectivity index (χ2v) is 6.22. The lowest BCUT2D eigenvalue weighted by molar-refractivity contribution is -0.145. The van der Waals surface area contributed by atoms with Gasteiger partial charge in [0.1, 0.15) is 6.04 Å². The summed E-state index contributed by atoms with van der Waals surface area (Å²) in [5.41, 5.74) is 0. The number of hydrogen-bond acceptors (Lipinski definition) is 3. The van der Waals surface area contributed by atoms with Crippen LogP contribution < -0.4 is 0 Å². The van der Waals surface area contributed by atoms with Crippen LogP contribution in [0.3, 0.4) is 0 Å². The average Bonchev–Trinajstić information content (AvgIpc) is 2.74. The van der Waals surface area contributed by atoms with Crippen LogP contribution in [-0.2, 0) is 4.79 Å². The van der Waals surface area contributed by atoms with Crippen LogP contribution in [0.4, 0.5) is 0 Å². The first-order valence-electron chi connectivity index (χ1n) is 5.80. The van der Waals surface area contributed by atoms with Gasteiger partial charge in [-0.1, -0.05) is 18.5 Å². The Balaban J connectivity index is 2.24. The van der Waals surface area contributed by atoms with Crippen molar-refractivity contribution < 1.29 is 14.7 Å². The monoisotopic (exact) mass is 287 g/mol. The smallest absolute Gasteiger partial charge is 0.326 e. The van der Waals surface area contributed by atoms with E-state index in [1.165, 1.54) is 16.2 Å². The summed E-state index contributed by atoms with van der Waals surface area (Å²) in [5, 5.41) is 9.26. The van der Waals surface area contributed by atoms with Gasteiger partial charge in [-0.3, -0.25) is 4.79 Å². The average molecular weight is 288 g/mol. The molecule has 0 radical (unpaired) electrons. The molecule has 18 heavy (non-hydrogen) atoms. The molecular weight excluding hydrogens is 274 g/mol. The van der Waals surface area contributed by atoms with Gasteiger partial charge in [0, 0.05) is 6.54 Å². The molecule has 0 aliphatic carbocycles. The molecule has 1 aromatic rings. The molecule has 1 aliphatic heterocycles. The number of piperidine rings is 1. The Morgan fingerprint density at radius 2 is 2.22 bits per heavy atom. The quantitative estimate of drug-likeness (QED) is 0.910. The molecule has 0 spiro atoms. The summed E-state index contributed by atoms with van der Waals surface area (Å²) < 4.78 is 0.537. The van der Waals surface area contributed by atoms with Crippen molar-refractivity contribution in [2.45, 2.75) is 25.8 Å². The van der Waals surface area contributed by atoms with E-state index < -0.39 is 12.0 Å². The molecule has 0 saturated carbocycles. The van der Waals surface area contributed by atoms with Crippen LogP contribution >= 0.6 is 22.9 Å². The zero-order valence-corrected chi connectivity index (χ0v) is 11.5. The van der Waals surface area contributed by atoms with E-state index in [4.69, 9.17) is 11.6 Å². The second kappa shape index (κ2) is 5.28. The van der Waals surface area contributed by atoms with Crippen molar-refractivity contribution in [2.24, 2.45) is 5.92 Å². The summed E-state index contributed by atoms with van der Waals surface area (Å²) in [6.45, 7) is 2.37. The summed E-state index contributed by atoms with van der Waals surface area (Å²) in [6, 6.07) is 2.57. The molecule has 98 valence electrons. The predicted molar refractivity (Wildman–Crippen MR) is 70.2 cm³/mol. The minimum Gasteiger partial charge on any atom is -0.480 e. The van der Waals surface area contributed by atoms with Crippen LogP contribution in [0.2, 0.25) is 4.34 Å². The lowest BCUT2D eigenvalue weighted by Crippen LogP contribution is -2.51. The van der Waals surface area contributed by atoms with Crippen LogP contribution in [0.1, 0.15) is 29.4 Å². The second-order valence-electron chi connectivity index (χ2n) is 4.50. The number of thiophene rings is 1. The number of hydrogen-bond donors (Lipinski definition) is 1. The number of amides is 1. The minimum atomic E-state index is -0.932. The SMILES string of the molecule is CC1CCCN(C(=O)c2ccc(Cl)s2)C1C(=O)O. The Morgan fingerprint density at radius 1 is 1.50 bits per heavy atom. The molecule has 0 aromatic carbocycles. The zero-order chi connectivity index (χ0) is 13.3. The van der Waals surface area contributed by atoms with E-state index in [0.29, 0.717) is 15.8 Å². The zero-order valence-electron chi connectivity index (χ0n) is 9.93. The largest absolute Gasteiger partial charge is 0.480 e. The Hall–Kier alpha value is -1.07. The fraction of sp³-hybridized carbons (Fsp3) is 0.500. The number of carbonyl (C=O) groups excluding carboxylic acids is 1. The van der Waals surface area contributed by atoms with Crippen LogP contribution in [0, 0.1) is 5.92 Å². The third-order valence-electron chi connectivity index (χ3n) is 3.23. The number of halogens is 1. The highest BCUT2D eigenvalue weighted by Crippen LogP contribution is 2.28. The van der Waals surface area contributed by atoms with Crippen molar-refractivity contribution in [1.82, 2.24) is 4.90 Å². The molecule has 1 fully saturated rings. The van der Waals surface area contributed by atoms with Crippen LogP contribution in [0.5, 0.6) is 0 Å². The molecule has 1 aliphatic rings. The molecule has 1 amide bonds. The molecule has 2 atom stereocenters. The maximum absolute atomic E-state index is 12.3. The molecule has 1 N–H and O–H groups in total. The number of nitrogens with zero attached hydrogens (tertiary/aromatic N) is 1. The number of aliphatic carboxylic acids is 1. The standard InChI is InChI=1S/C12H14ClNO3S/c1-7-3-2-6-14(10(7)12(16)17)11(15)8-4-5-9(13)18-8/h4-5,7,10H,2-3,6H2,1H3,(H,16,17). The fourth-order valence-corrected chi connectivity index (χ4v) is 3.36. The van der Waals surface area contributed by atoms with E-state index in [-0.39, 0.29) is 11.8 Å². The first-order chi connectivity index (χ1) is 8.50. The maximum atomic E-state index is 12.3. The third-order valence-corrected chi connectivity index (χ3v) is 4.45. The van der Waals surface area contributed by atoms with Crippen molar-refractivity contribution in [3.63, 3.8) is 0 Å². The summed E-state index contributed by atoms with van der Waals surface area (Å²) in [5.74, 6) is -1.18. The summed E-state index contributed by atoms with van der Waals surface area (Å²) in [6.07, 6.45) is 1.68. The van der Waals surface area contributed by atoms with E-state index >= 15 is 0 Å². The highest BCUT2D eigenvalue weighted by atomic mass is 35.5. The van der Waals surface area contributed by atoms with Crippen LogP contribution in [0.25, 0.3) is 0 Å². The van der Waals surface area contributed by atoms with Gasteiger partial charge in [-0.05, 0) is 30.9 Å². The van der Waals surface area contributed by atoms with Crippen LogP contribution in [0.15, 0.2) is 12.1 Å². The van der Waals surface area contributed by atoms with Crippen molar-refractivity contribution in [3.8, 4) is 0 Å². The molecule has 6 heteroatoms.